The molecular weight excluding hydrogens is 971 g/mol. The number of likely N-dealkylation sites (tertiary alicyclic amines) is 7. The molecule has 0 N–H and O–H groups in total. The second kappa shape index (κ2) is 35.1. The Balaban J connectivity index is 0.000000316. The number of hydrogen-bond acceptors (Lipinski definition) is 9. The number of hydrogen-bond donors (Lipinski definition) is 0. The molecule has 0 radical (unpaired) electrons. The van der Waals surface area contributed by atoms with Gasteiger partial charge in [0, 0.05) is 84.7 Å². The molecule has 0 bridgehead atoms. The molecule has 9 heteroatoms. The van der Waals surface area contributed by atoms with E-state index in [1.165, 1.54) is 213 Å². The van der Waals surface area contributed by atoms with E-state index in [0.29, 0.717) is 50.9 Å². The van der Waals surface area contributed by atoms with Crippen LogP contribution in [-0.4, -0.2) is 191 Å². The molecular formula is C70H143N7O2. The van der Waals surface area contributed by atoms with Crippen LogP contribution in [0.4, 0.5) is 0 Å². The van der Waals surface area contributed by atoms with E-state index in [1.807, 2.05) is 0 Å². The minimum Gasteiger partial charge on any atom is -0.383 e. The second-order valence-electron chi connectivity index (χ2n) is 32.5. The Kier molecular flexibility index (Phi) is 33.1. The van der Waals surface area contributed by atoms with Crippen molar-refractivity contribution < 1.29 is 9.47 Å². The zero-order chi connectivity index (χ0) is 59.9. The molecule has 0 spiro atoms. The minimum absolute atomic E-state index is 0.305. The maximum Gasteiger partial charge on any atom is 0.0618 e. The summed E-state index contributed by atoms with van der Waals surface area (Å²) in [5, 5.41) is 0. The normalized spacial score (nSPS) is 26.2. The molecule has 79 heavy (non-hydrogen) atoms. The first kappa shape index (κ1) is 74.5. The van der Waals surface area contributed by atoms with E-state index in [9.17, 15) is 0 Å². The summed E-state index contributed by atoms with van der Waals surface area (Å²) in [6.07, 6.45) is 27.8. The van der Waals surface area contributed by atoms with Crippen LogP contribution >= 0.6 is 0 Å². The fourth-order valence-corrected chi connectivity index (χ4v) is 13.6. The van der Waals surface area contributed by atoms with Crippen LogP contribution < -0.4 is 0 Å². The average molecular weight is 1110 g/mol. The molecule has 8 rings (SSSR count). The van der Waals surface area contributed by atoms with Crippen molar-refractivity contribution in [1.29, 1.82) is 0 Å². The van der Waals surface area contributed by atoms with E-state index in [0.717, 1.165) is 25.0 Å². The van der Waals surface area contributed by atoms with Crippen LogP contribution in [0.15, 0.2) is 12.2 Å². The predicted molar refractivity (Wildman–Crippen MR) is 349 cm³/mol. The smallest absolute Gasteiger partial charge is 0.0618 e. The summed E-state index contributed by atoms with van der Waals surface area (Å²) in [6.45, 7) is 69.5. The Labute approximate surface area is 496 Å². The zero-order valence-electron chi connectivity index (χ0n) is 58.0. The Bertz CT molecular complexity index is 1460. The highest BCUT2D eigenvalue weighted by Crippen LogP contribution is 2.38. The Morgan fingerprint density at radius 1 is 0.316 bits per heavy atom. The van der Waals surface area contributed by atoms with Gasteiger partial charge in [-0.15, -0.1) is 0 Å². The van der Waals surface area contributed by atoms with Gasteiger partial charge in [-0.3, -0.25) is 34.3 Å². The lowest BCUT2D eigenvalue weighted by atomic mass is 9.74. The first-order chi connectivity index (χ1) is 36.5. The lowest BCUT2D eigenvalue weighted by molar-refractivity contribution is 0.0287. The fraction of sp³-hybridized carbons (Fsp3) is 0.971. The van der Waals surface area contributed by atoms with Crippen LogP contribution in [0, 0.1) is 11.8 Å². The summed E-state index contributed by atoms with van der Waals surface area (Å²) in [6, 6.07) is 1.30. The molecule has 7 saturated heterocycles. The van der Waals surface area contributed by atoms with Crippen molar-refractivity contribution in [3.05, 3.63) is 12.2 Å². The lowest BCUT2D eigenvalue weighted by Gasteiger charge is -2.46. The van der Waals surface area contributed by atoms with Gasteiger partial charge in [0.15, 0.2) is 0 Å². The highest BCUT2D eigenvalue weighted by atomic mass is 16.5. The molecule has 1 saturated carbocycles. The molecule has 7 heterocycles. The van der Waals surface area contributed by atoms with Crippen molar-refractivity contribution in [2.24, 2.45) is 11.8 Å². The number of ether oxygens (including phenoxy) is 2. The number of rotatable bonds is 4. The van der Waals surface area contributed by atoms with Crippen molar-refractivity contribution in [3.63, 3.8) is 0 Å². The van der Waals surface area contributed by atoms with Gasteiger partial charge >= 0.3 is 0 Å². The first-order valence-electron chi connectivity index (χ1n) is 33.4. The summed E-state index contributed by atoms with van der Waals surface area (Å²) in [4.78, 5) is 18.1. The van der Waals surface area contributed by atoms with Crippen LogP contribution in [0.3, 0.4) is 0 Å². The van der Waals surface area contributed by atoms with Crippen LogP contribution in [0.1, 0.15) is 274 Å². The third-order valence-electron chi connectivity index (χ3n) is 18.8. The van der Waals surface area contributed by atoms with E-state index >= 15 is 0 Å². The predicted octanol–water partition coefficient (Wildman–Crippen LogP) is 16.3. The zero-order valence-corrected chi connectivity index (χ0v) is 58.0. The third kappa shape index (κ3) is 29.8. The lowest BCUT2D eigenvalue weighted by Crippen LogP contribution is -2.50. The molecule has 1 aliphatic carbocycles. The molecule has 7 aliphatic heterocycles. The molecule has 4 atom stereocenters. The van der Waals surface area contributed by atoms with Gasteiger partial charge in [0.2, 0.25) is 0 Å². The Morgan fingerprint density at radius 2 is 0.620 bits per heavy atom. The third-order valence-corrected chi connectivity index (χ3v) is 18.8. The van der Waals surface area contributed by atoms with Crippen molar-refractivity contribution in [2.75, 3.05) is 106 Å². The first-order valence-corrected chi connectivity index (χ1v) is 33.4. The van der Waals surface area contributed by atoms with Crippen molar-refractivity contribution in [1.82, 2.24) is 34.3 Å². The number of nitrogens with zero attached hydrogens (tertiary/aromatic N) is 7. The fourth-order valence-electron chi connectivity index (χ4n) is 13.6. The molecule has 2 unspecified atom stereocenters. The number of fused-ring (bicyclic) bond motifs is 1. The summed E-state index contributed by atoms with van der Waals surface area (Å²) >= 11 is 0. The van der Waals surface area contributed by atoms with Gasteiger partial charge < -0.3 is 9.47 Å². The van der Waals surface area contributed by atoms with Crippen LogP contribution in [-0.2, 0) is 9.47 Å². The summed E-state index contributed by atoms with van der Waals surface area (Å²) in [5.74, 6) is 2.10. The Hall–Kier alpha value is -0.620. The topological polar surface area (TPSA) is 41.1 Å². The van der Waals surface area contributed by atoms with E-state index in [2.05, 4.69) is 186 Å². The Morgan fingerprint density at radius 3 is 0.899 bits per heavy atom. The summed E-state index contributed by atoms with van der Waals surface area (Å²) in [7, 11) is 3.58. The van der Waals surface area contributed by atoms with Crippen LogP contribution in [0.2, 0.25) is 0 Å². The summed E-state index contributed by atoms with van der Waals surface area (Å²) < 4.78 is 10.4. The van der Waals surface area contributed by atoms with Crippen molar-refractivity contribution >= 4 is 0 Å². The monoisotopic (exact) mass is 1110 g/mol. The number of methoxy groups -OCH3 is 2. The highest BCUT2D eigenvalue weighted by Gasteiger charge is 2.36. The van der Waals surface area contributed by atoms with E-state index < -0.39 is 0 Å². The molecule has 0 aromatic carbocycles. The van der Waals surface area contributed by atoms with Crippen molar-refractivity contribution in [2.45, 2.75) is 325 Å². The summed E-state index contributed by atoms with van der Waals surface area (Å²) in [5.41, 5.74) is 3.98. The van der Waals surface area contributed by atoms with Gasteiger partial charge in [-0.05, 0) is 306 Å². The van der Waals surface area contributed by atoms with Crippen LogP contribution in [0.5, 0.6) is 0 Å². The van der Waals surface area contributed by atoms with Crippen LogP contribution in [0.25, 0.3) is 0 Å². The van der Waals surface area contributed by atoms with Gasteiger partial charge in [0.1, 0.15) is 0 Å². The van der Waals surface area contributed by atoms with E-state index in [-0.39, 0.29) is 0 Å². The molecule has 9 nitrogen and oxygen atoms in total. The molecule has 0 aromatic rings. The van der Waals surface area contributed by atoms with Gasteiger partial charge in [-0.1, -0.05) is 50.7 Å². The molecule has 0 amide bonds. The van der Waals surface area contributed by atoms with Gasteiger partial charge in [-0.25, -0.2) is 0 Å². The molecule has 0 aromatic heterocycles. The average Bonchev–Trinajstić information content (AvgIpc) is 4.07. The minimum atomic E-state index is 0.305. The molecule has 470 valence electrons. The molecule has 8 fully saturated rings. The highest BCUT2D eigenvalue weighted by molar-refractivity contribution is 5.01. The van der Waals surface area contributed by atoms with Crippen molar-refractivity contribution in [3.8, 4) is 0 Å². The largest absolute Gasteiger partial charge is 0.383 e. The van der Waals surface area contributed by atoms with E-state index in [1.54, 1.807) is 14.2 Å². The number of piperidine rings is 5. The molecule has 8 aliphatic rings. The SMILES string of the molecule is C=C1CCN(C(C)(C)C)CC1.CC(C)(C)N1CCC2CCCCC2C1.CC(C)(C)N1CCCCC1.CC(C)(C)N1CCCCC1.CC(C)(C)N1CCCCC1.COC[C@@H]1CCCN1C(C)(C)C.COC[C@H]1CCCN1C(C)(C)C. The van der Waals surface area contributed by atoms with Gasteiger partial charge in [0.05, 0.1) is 13.2 Å². The quantitative estimate of drug-likeness (QED) is 0.256. The van der Waals surface area contributed by atoms with E-state index in [4.69, 9.17) is 9.47 Å². The van der Waals surface area contributed by atoms with Gasteiger partial charge in [0.25, 0.3) is 0 Å². The maximum atomic E-state index is 5.21. The second-order valence-corrected chi connectivity index (χ2v) is 32.5. The van der Waals surface area contributed by atoms with Gasteiger partial charge in [-0.2, -0.15) is 0 Å². The standard InChI is InChI=1S/C13H25N.2C10H21NO.C10H19N.3C9H19N/c1-13(2,3)14-9-8-11-6-4-5-7-12(11)10-14;2*1-10(2,3)11-7-5-6-9(11)8-12-4;1-9-5-7-11(8-6-9)10(2,3)4;3*1-9(2,3)10-7-5-4-6-8-10/h11-12H,4-10H2,1-3H3;2*9H,5-8H2,1-4H3;1,5-8H2,2-4H3;3*4-8H2,1-3H3/t;2*9-;;;;/m.10..../s1. The maximum absolute atomic E-state index is 5.21.